The Kier molecular flexibility index (Phi) is 3.98. The number of carbonyl (C=O) groups is 1. The number of halogens is 1. The van der Waals surface area contributed by atoms with Crippen LogP contribution in [0.2, 0.25) is 0 Å². The van der Waals surface area contributed by atoms with Crippen LogP contribution in [-0.2, 0) is 16.6 Å². The predicted octanol–water partition coefficient (Wildman–Crippen LogP) is 2.56. The van der Waals surface area contributed by atoms with Gasteiger partial charge in [-0.3, -0.25) is 4.79 Å². The molecule has 3 rings (SSSR count). The zero-order chi connectivity index (χ0) is 16.5. The second kappa shape index (κ2) is 5.81. The van der Waals surface area contributed by atoms with E-state index in [1.54, 1.807) is 37.5 Å². The maximum Gasteiger partial charge on any atom is 0.230 e. The largest absolute Gasteiger partial charge is 0.469 e. The molecule has 1 heterocycles. The van der Waals surface area contributed by atoms with Crippen molar-refractivity contribution in [2.45, 2.75) is 37.2 Å². The van der Waals surface area contributed by atoms with Crippen molar-refractivity contribution >= 4 is 5.91 Å². The van der Waals surface area contributed by atoms with Gasteiger partial charge in [0.25, 0.3) is 0 Å². The summed E-state index contributed by atoms with van der Waals surface area (Å²) in [6, 6.07) is 9.60. The SMILES string of the molecule is CC(O)(CNC(=O)C1(c2ccc(F)cc2)CC1)Cc1ccco1. The molecule has 0 spiro atoms. The lowest BCUT2D eigenvalue weighted by Crippen LogP contribution is -2.45. The fourth-order valence-electron chi connectivity index (χ4n) is 2.83. The summed E-state index contributed by atoms with van der Waals surface area (Å²) >= 11 is 0. The molecule has 2 aromatic rings. The Bertz CT molecular complexity index is 673. The lowest BCUT2D eigenvalue weighted by Gasteiger charge is -2.24. The molecule has 2 N–H and O–H groups in total. The Morgan fingerprint density at radius 2 is 2.04 bits per heavy atom. The highest BCUT2D eigenvalue weighted by Crippen LogP contribution is 2.48. The minimum Gasteiger partial charge on any atom is -0.469 e. The van der Waals surface area contributed by atoms with Crippen molar-refractivity contribution < 1.29 is 18.7 Å². The van der Waals surface area contributed by atoms with Crippen molar-refractivity contribution in [3.8, 4) is 0 Å². The van der Waals surface area contributed by atoms with Crippen molar-refractivity contribution in [3.05, 3.63) is 59.8 Å². The summed E-state index contributed by atoms with van der Waals surface area (Å²) in [4.78, 5) is 12.5. The maximum absolute atomic E-state index is 13.0. The van der Waals surface area contributed by atoms with Crippen molar-refractivity contribution in [1.29, 1.82) is 0 Å². The predicted molar refractivity (Wildman–Crippen MR) is 83.4 cm³/mol. The number of aliphatic hydroxyl groups is 1. The number of hydrogen-bond acceptors (Lipinski definition) is 3. The molecule has 0 saturated heterocycles. The average molecular weight is 317 g/mol. The summed E-state index contributed by atoms with van der Waals surface area (Å²) in [5, 5.41) is 13.2. The molecule has 1 aliphatic carbocycles. The zero-order valence-corrected chi connectivity index (χ0v) is 13.0. The van der Waals surface area contributed by atoms with E-state index in [1.807, 2.05) is 0 Å². The van der Waals surface area contributed by atoms with E-state index in [2.05, 4.69) is 5.32 Å². The van der Waals surface area contributed by atoms with Crippen LogP contribution in [0.5, 0.6) is 0 Å². The van der Waals surface area contributed by atoms with Crippen LogP contribution in [0.3, 0.4) is 0 Å². The van der Waals surface area contributed by atoms with Gasteiger partial charge >= 0.3 is 0 Å². The van der Waals surface area contributed by atoms with Gasteiger partial charge in [0.05, 0.1) is 17.3 Å². The Morgan fingerprint density at radius 1 is 1.35 bits per heavy atom. The van der Waals surface area contributed by atoms with Gasteiger partial charge in [-0.05, 0) is 49.6 Å². The molecule has 23 heavy (non-hydrogen) atoms. The number of rotatable bonds is 6. The third-order valence-electron chi connectivity index (χ3n) is 4.35. The first-order chi connectivity index (χ1) is 10.9. The number of nitrogens with one attached hydrogen (secondary N) is 1. The van der Waals surface area contributed by atoms with Gasteiger partial charge in [0.15, 0.2) is 0 Å². The smallest absolute Gasteiger partial charge is 0.230 e. The van der Waals surface area contributed by atoms with E-state index in [4.69, 9.17) is 4.42 Å². The highest BCUT2D eigenvalue weighted by atomic mass is 19.1. The fourth-order valence-corrected chi connectivity index (χ4v) is 2.83. The van der Waals surface area contributed by atoms with Gasteiger partial charge in [-0.1, -0.05) is 12.1 Å². The first-order valence-corrected chi connectivity index (χ1v) is 7.70. The number of amides is 1. The van der Waals surface area contributed by atoms with Crippen LogP contribution < -0.4 is 5.32 Å². The van der Waals surface area contributed by atoms with Crippen LogP contribution >= 0.6 is 0 Å². The van der Waals surface area contributed by atoms with E-state index < -0.39 is 11.0 Å². The van der Waals surface area contributed by atoms with Crippen LogP contribution in [-0.4, -0.2) is 23.2 Å². The Hall–Kier alpha value is -2.14. The quantitative estimate of drug-likeness (QED) is 0.861. The topological polar surface area (TPSA) is 62.5 Å². The van der Waals surface area contributed by atoms with E-state index in [0.29, 0.717) is 12.2 Å². The van der Waals surface area contributed by atoms with Gasteiger partial charge < -0.3 is 14.8 Å². The molecule has 1 aliphatic rings. The zero-order valence-electron chi connectivity index (χ0n) is 13.0. The lowest BCUT2D eigenvalue weighted by molar-refractivity contribution is -0.124. The molecular formula is C18H20FNO3. The Labute approximate surface area is 134 Å². The van der Waals surface area contributed by atoms with Crippen molar-refractivity contribution in [2.24, 2.45) is 0 Å². The molecule has 1 fully saturated rings. The molecule has 1 amide bonds. The van der Waals surface area contributed by atoms with Crippen molar-refractivity contribution in [1.82, 2.24) is 5.32 Å². The van der Waals surface area contributed by atoms with E-state index >= 15 is 0 Å². The van der Waals surface area contributed by atoms with Gasteiger partial charge in [0.2, 0.25) is 5.91 Å². The van der Waals surface area contributed by atoms with Crippen molar-refractivity contribution in [3.63, 3.8) is 0 Å². The summed E-state index contributed by atoms with van der Waals surface area (Å²) in [5.41, 5.74) is -0.844. The summed E-state index contributed by atoms with van der Waals surface area (Å²) < 4.78 is 18.3. The summed E-state index contributed by atoms with van der Waals surface area (Å²) in [5.74, 6) is 0.235. The van der Waals surface area contributed by atoms with Gasteiger partial charge in [-0.2, -0.15) is 0 Å². The molecule has 122 valence electrons. The van der Waals surface area contributed by atoms with Crippen LogP contribution in [0.15, 0.2) is 47.1 Å². The first kappa shape index (κ1) is 15.7. The number of hydrogen-bond donors (Lipinski definition) is 2. The highest BCUT2D eigenvalue weighted by Gasteiger charge is 2.51. The monoisotopic (exact) mass is 317 g/mol. The molecule has 1 atom stereocenters. The minimum atomic E-state index is -1.09. The van der Waals surface area contributed by atoms with Crippen molar-refractivity contribution in [2.75, 3.05) is 6.54 Å². The second-order valence-corrected chi connectivity index (χ2v) is 6.52. The summed E-state index contributed by atoms with van der Waals surface area (Å²) in [6.07, 6.45) is 3.36. The lowest BCUT2D eigenvalue weighted by atomic mass is 9.94. The van der Waals surface area contributed by atoms with Gasteiger partial charge in [0, 0.05) is 13.0 Å². The first-order valence-electron chi connectivity index (χ1n) is 7.70. The standard InChI is InChI=1S/C18H20FNO3/c1-17(22,11-15-3-2-10-23-15)12-20-16(21)18(8-9-18)13-4-6-14(19)7-5-13/h2-7,10,22H,8-9,11-12H2,1H3,(H,20,21). The molecule has 0 aliphatic heterocycles. The Balaban J connectivity index is 1.61. The van der Waals surface area contributed by atoms with Gasteiger partial charge in [-0.15, -0.1) is 0 Å². The maximum atomic E-state index is 13.0. The fraction of sp³-hybridized carbons (Fsp3) is 0.389. The molecule has 0 radical (unpaired) electrons. The summed E-state index contributed by atoms with van der Waals surface area (Å²) in [7, 11) is 0. The van der Waals surface area contributed by atoms with E-state index in [1.165, 1.54) is 12.1 Å². The molecule has 0 bridgehead atoms. The highest BCUT2D eigenvalue weighted by molar-refractivity contribution is 5.91. The van der Waals surface area contributed by atoms with Gasteiger partial charge in [-0.25, -0.2) is 4.39 Å². The third kappa shape index (κ3) is 3.45. The van der Waals surface area contributed by atoms with Crippen LogP contribution in [0, 0.1) is 5.82 Å². The molecule has 1 aromatic carbocycles. The van der Waals surface area contributed by atoms with Crippen LogP contribution in [0.4, 0.5) is 4.39 Å². The number of benzene rings is 1. The second-order valence-electron chi connectivity index (χ2n) is 6.52. The third-order valence-corrected chi connectivity index (χ3v) is 4.35. The minimum absolute atomic E-state index is 0.121. The van der Waals surface area contributed by atoms with E-state index in [9.17, 15) is 14.3 Å². The average Bonchev–Trinajstić information content (AvgIpc) is 3.17. The Morgan fingerprint density at radius 3 is 2.61 bits per heavy atom. The molecule has 1 saturated carbocycles. The number of furan rings is 1. The molecule has 5 heteroatoms. The van der Waals surface area contributed by atoms with E-state index in [-0.39, 0.29) is 18.3 Å². The molecule has 1 unspecified atom stereocenters. The normalized spacial score (nSPS) is 18.2. The number of carbonyl (C=O) groups excluding carboxylic acids is 1. The van der Waals surface area contributed by atoms with Crippen LogP contribution in [0.1, 0.15) is 31.1 Å². The molecule has 1 aromatic heterocycles. The van der Waals surface area contributed by atoms with E-state index in [0.717, 1.165) is 18.4 Å². The van der Waals surface area contributed by atoms with Gasteiger partial charge in [0.1, 0.15) is 11.6 Å². The molecule has 4 nitrogen and oxygen atoms in total. The van der Waals surface area contributed by atoms with Crippen LogP contribution in [0.25, 0.3) is 0 Å². The summed E-state index contributed by atoms with van der Waals surface area (Å²) in [6.45, 7) is 1.79. The molecular weight excluding hydrogens is 297 g/mol.